The Balaban J connectivity index is 1.45. The molecule has 11 heteroatoms. The minimum absolute atomic E-state index is 0.00148. The number of benzene rings is 1. The van der Waals surface area contributed by atoms with Gasteiger partial charge in [0.1, 0.15) is 16.9 Å². The Morgan fingerprint density at radius 2 is 1.82 bits per heavy atom. The van der Waals surface area contributed by atoms with E-state index in [2.05, 4.69) is 31.9 Å². The van der Waals surface area contributed by atoms with Crippen molar-refractivity contribution in [2.75, 3.05) is 39.3 Å². The zero-order chi connectivity index (χ0) is 27.7. The summed E-state index contributed by atoms with van der Waals surface area (Å²) in [6, 6.07) is 7.58. The topological polar surface area (TPSA) is 95.7 Å². The third-order valence-corrected chi connectivity index (χ3v) is 8.90. The van der Waals surface area contributed by atoms with E-state index in [0.29, 0.717) is 24.7 Å². The number of nitrogens with zero attached hydrogens (tertiary/aromatic N) is 6. The number of rotatable bonds is 7. The normalized spacial score (nSPS) is 17.3. The number of halogens is 1. The highest BCUT2D eigenvalue weighted by Crippen LogP contribution is 2.40. The van der Waals surface area contributed by atoms with Gasteiger partial charge in [-0.3, -0.25) is 24.0 Å². The van der Waals surface area contributed by atoms with Crippen LogP contribution in [-0.4, -0.2) is 81.4 Å². The number of aromatic nitrogens is 3. The molecule has 9 nitrogen and oxygen atoms in total. The molecule has 206 valence electrons. The largest absolute Gasteiger partial charge is 0.356 e. The van der Waals surface area contributed by atoms with Gasteiger partial charge in [-0.25, -0.2) is 0 Å². The van der Waals surface area contributed by atoms with E-state index >= 15 is 0 Å². The molecule has 4 heterocycles. The van der Waals surface area contributed by atoms with E-state index < -0.39 is 0 Å². The van der Waals surface area contributed by atoms with Crippen LogP contribution in [0, 0.1) is 13.8 Å². The number of aliphatic imine (C=N–C) groups is 1. The van der Waals surface area contributed by atoms with E-state index in [0.717, 1.165) is 76.4 Å². The number of aryl methyl sites for hydroxylation is 1. The number of carbonyl (C=O) groups excluding carboxylic acids is 2. The molecule has 1 fully saturated rings. The number of piperazine rings is 1. The second kappa shape index (κ2) is 11.6. The first-order valence-corrected chi connectivity index (χ1v) is 14.6. The molecule has 2 aromatic heterocycles. The van der Waals surface area contributed by atoms with Gasteiger partial charge in [-0.05, 0) is 50.9 Å². The molecule has 0 unspecified atom stereocenters. The predicted molar refractivity (Wildman–Crippen MR) is 154 cm³/mol. The minimum atomic E-state index is -0.145. The minimum Gasteiger partial charge on any atom is -0.356 e. The van der Waals surface area contributed by atoms with E-state index in [1.807, 2.05) is 43.0 Å². The standard InChI is InChI=1S/C28H34ClN7O2S/c1-5-22-26-33-32-18(3)36(26)28-23(24(31-22)20-7-9-21(29)10-8-20)17(2)25(39-28)27(38)35-15-13-34(14-16-35)12-6-11-30-19(4)37/h7-10,22H,5-6,11-16H2,1-4H3,(H,30,37)/t22-/m0/s1. The van der Waals surface area contributed by atoms with Crippen LogP contribution in [0.15, 0.2) is 29.3 Å². The van der Waals surface area contributed by atoms with Crippen LogP contribution in [0.1, 0.15) is 70.7 Å². The van der Waals surface area contributed by atoms with Crippen LogP contribution in [-0.2, 0) is 4.79 Å². The SMILES string of the molecule is CC[C@@H]1N=C(c2ccc(Cl)cc2)c2c(sc(C(=O)N3CCN(CCCNC(C)=O)CC3)c2C)-n2c(C)nnc21. The third-order valence-electron chi connectivity index (χ3n) is 7.38. The lowest BCUT2D eigenvalue weighted by atomic mass is 9.99. The molecule has 1 saturated heterocycles. The number of thiophene rings is 1. The van der Waals surface area contributed by atoms with Crippen molar-refractivity contribution in [2.45, 2.75) is 46.6 Å². The lowest BCUT2D eigenvalue weighted by molar-refractivity contribution is -0.118. The first kappa shape index (κ1) is 27.5. The Labute approximate surface area is 237 Å². The summed E-state index contributed by atoms with van der Waals surface area (Å²) in [5.74, 6) is 1.63. The molecule has 2 aliphatic rings. The summed E-state index contributed by atoms with van der Waals surface area (Å²) in [5, 5.41) is 13.3. The number of amides is 2. The fraction of sp³-hybridized carbons (Fsp3) is 0.464. The van der Waals surface area contributed by atoms with Gasteiger partial charge in [0.15, 0.2) is 5.82 Å². The van der Waals surface area contributed by atoms with Crippen molar-refractivity contribution in [3.8, 4) is 5.00 Å². The maximum absolute atomic E-state index is 13.9. The number of fused-ring (bicyclic) bond motifs is 3. The fourth-order valence-electron chi connectivity index (χ4n) is 5.25. The zero-order valence-corrected chi connectivity index (χ0v) is 24.4. The second-order valence-corrected chi connectivity index (χ2v) is 11.5. The first-order chi connectivity index (χ1) is 18.8. The highest BCUT2D eigenvalue weighted by atomic mass is 35.5. The van der Waals surface area contributed by atoms with Gasteiger partial charge in [-0.2, -0.15) is 0 Å². The predicted octanol–water partition coefficient (Wildman–Crippen LogP) is 4.19. The number of nitrogens with one attached hydrogen (secondary N) is 1. The summed E-state index contributed by atoms with van der Waals surface area (Å²) in [6.45, 7) is 12.2. The van der Waals surface area contributed by atoms with Crippen LogP contribution in [0.4, 0.5) is 0 Å². The van der Waals surface area contributed by atoms with Crippen LogP contribution >= 0.6 is 22.9 Å². The van der Waals surface area contributed by atoms with Gasteiger partial charge in [0.2, 0.25) is 5.91 Å². The summed E-state index contributed by atoms with van der Waals surface area (Å²) in [7, 11) is 0. The van der Waals surface area contributed by atoms with Gasteiger partial charge in [0, 0.05) is 55.8 Å². The quantitative estimate of drug-likeness (QED) is 0.432. The maximum Gasteiger partial charge on any atom is 0.264 e. The third kappa shape index (κ3) is 5.50. The second-order valence-electron chi connectivity index (χ2n) is 10.1. The Morgan fingerprint density at radius 3 is 2.49 bits per heavy atom. The molecule has 0 bridgehead atoms. The summed E-state index contributed by atoms with van der Waals surface area (Å²) in [6.07, 6.45) is 1.68. The number of hydrogen-bond acceptors (Lipinski definition) is 7. The van der Waals surface area contributed by atoms with Gasteiger partial charge < -0.3 is 10.2 Å². The van der Waals surface area contributed by atoms with Crippen LogP contribution in [0.2, 0.25) is 5.02 Å². The Hall–Kier alpha value is -3.08. The zero-order valence-electron chi connectivity index (χ0n) is 22.8. The molecule has 2 aliphatic heterocycles. The van der Waals surface area contributed by atoms with Crippen molar-refractivity contribution in [3.63, 3.8) is 0 Å². The van der Waals surface area contributed by atoms with Crippen LogP contribution < -0.4 is 5.32 Å². The highest BCUT2D eigenvalue weighted by molar-refractivity contribution is 7.17. The molecule has 5 rings (SSSR count). The molecule has 2 amide bonds. The van der Waals surface area contributed by atoms with Gasteiger partial charge in [0.25, 0.3) is 5.91 Å². The molecular formula is C28H34ClN7O2S. The monoisotopic (exact) mass is 567 g/mol. The smallest absolute Gasteiger partial charge is 0.264 e. The molecule has 0 aliphatic carbocycles. The van der Waals surface area contributed by atoms with Crippen molar-refractivity contribution in [1.29, 1.82) is 0 Å². The molecule has 1 aromatic carbocycles. The maximum atomic E-state index is 13.9. The summed E-state index contributed by atoms with van der Waals surface area (Å²) >= 11 is 7.71. The van der Waals surface area contributed by atoms with Gasteiger partial charge >= 0.3 is 0 Å². The van der Waals surface area contributed by atoms with Crippen LogP contribution in [0.25, 0.3) is 5.00 Å². The molecule has 0 radical (unpaired) electrons. The summed E-state index contributed by atoms with van der Waals surface area (Å²) in [5.41, 5.74) is 3.71. The van der Waals surface area contributed by atoms with Gasteiger partial charge in [-0.15, -0.1) is 21.5 Å². The van der Waals surface area contributed by atoms with Crippen molar-refractivity contribution in [3.05, 3.63) is 62.5 Å². The number of carbonyl (C=O) groups is 2. The summed E-state index contributed by atoms with van der Waals surface area (Å²) in [4.78, 5) is 35.2. The van der Waals surface area contributed by atoms with E-state index in [1.54, 1.807) is 0 Å². The number of hydrogen-bond donors (Lipinski definition) is 1. The van der Waals surface area contributed by atoms with Crippen LogP contribution in [0.5, 0.6) is 0 Å². The molecule has 1 atom stereocenters. The van der Waals surface area contributed by atoms with Crippen molar-refractivity contribution in [1.82, 2.24) is 29.9 Å². The van der Waals surface area contributed by atoms with Gasteiger partial charge in [-0.1, -0.05) is 30.7 Å². The van der Waals surface area contributed by atoms with Crippen LogP contribution in [0.3, 0.4) is 0 Å². The van der Waals surface area contributed by atoms with Crippen molar-refractivity contribution < 1.29 is 9.59 Å². The average molecular weight is 568 g/mol. The first-order valence-electron chi connectivity index (χ1n) is 13.4. The van der Waals surface area contributed by atoms with E-state index in [9.17, 15) is 9.59 Å². The summed E-state index contributed by atoms with van der Waals surface area (Å²) < 4.78 is 2.08. The Kier molecular flexibility index (Phi) is 8.16. The van der Waals surface area contributed by atoms with Crippen molar-refractivity contribution >= 4 is 40.5 Å². The fourth-order valence-corrected chi connectivity index (χ4v) is 6.71. The molecule has 3 aromatic rings. The molecule has 0 saturated carbocycles. The highest BCUT2D eigenvalue weighted by Gasteiger charge is 2.34. The molecular weight excluding hydrogens is 534 g/mol. The lowest BCUT2D eigenvalue weighted by Crippen LogP contribution is -2.49. The molecule has 0 spiro atoms. The molecule has 39 heavy (non-hydrogen) atoms. The van der Waals surface area contributed by atoms with E-state index in [-0.39, 0.29) is 17.9 Å². The van der Waals surface area contributed by atoms with Gasteiger partial charge in [0.05, 0.1) is 10.6 Å². The Bertz CT molecular complexity index is 1400. The van der Waals surface area contributed by atoms with Crippen molar-refractivity contribution in [2.24, 2.45) is 4.99 Å². The molecule has 1 N–H and O–H groups in total. The van der Waals surface area contributed by atoms with E-state index in [4.69, 9.17) is 16.6 Å². The lowest BCUT2D eigenvalue weighted by Gasteiger charge is -2.34. The average Bonchev–Trinajstić information content (AvgIpc) is 3.42. The van der Waals surface area contributed by atoms with E-state index in [1.165, 1.54) is 18.3 Å². The Morgan fingerprint density at radius 1 is 1.10 bits per heavy atom.